The van der Waals surface area contributed by atoms with Crippen LogP contribution in [0.15, 0.2) is 151 Å². The van der Waals surface area contributed by atoms with E-state index in [1.165, 1.54) is 18.2 Å². The molecule has 0 radical (unpaired) electrons. The molecular formula is C64H71N10O10PS3. The predicted octanol–water partition coefficient (Wildman–Crippen LogP) is 13.2. The van der Waals surface area contributed by atoms with E-state index < -0.39 is 11.8 Å². The lowest BCUT2D eigenvalue weighted by molar-refractivity contribution is 0.0936. The predicted molar refractivity (Wildman–Crippen MR) is 364 cm³/mol. The smallest absolute Gasteiger partial charge is 0.273 e. The number of anilines is 1. The van der Waals surface area contributed by atoms with E-state index in [1.54, 1.807) is 24.9 Å². The number of carbonyl (C=O) groups excluding carboxylic acids is 2. The summed E-state index contributed by atoms with van der Waals surface area (Å²) >= 11 is 15.4. The van der Waals surface area contributed by atoms with Crippen molar-refractivity contribution < 1.29 is 49.7 Å². The van der Waals surface area contributed by atoms with E-state index in [9.17, 15) is 40.2 Å². The Balaban J connectivity index is 0.000000259. The van der Waals surface area contributed by atoms with E-state index in [0.717, 1.165) is 78.6 Å². The Kier molecular flexibility index (Phi) is 26.3. The van der Waals surface area contributed by atoms with Gasteiger partial charge in [-0.05, 0) is 139 Å². The summed E-state index contributed by atoms with van der Waals surface area (Å²) in [6.07, 6.45) is 1.72. The number of carbonyl (C=O) groups is 2. The molecule has 24 heteroatoms. The first-order chi connectivity index (χ1) is 40.9. The van der Waals surface area contributed by atoms with Gasteiger partial charge in [0, 0.05) is 50.8 Å². The molecule has 1 aromatic heterocycles. The van der Waals surface area contributed by atoms with Crippen LogP contribution in [0.4, 0.5) is 11.4 Å². The second-order valence-corrected chi connectivity index (χ2v) is 19.6. The first kappa shape index (κ1) is 70.8. The average Bonchev–Trinajstić information content (AvgIpc) is 2.26. The molecule has 2 amide bonds. The number of thiocarbonyl (C=S) groups is 2. The Morgan fingerprint density at radius 1 is 0.625 bits per heavy atom. The second-order valence-electron chi connectivity index (χ2n) is 18.6. The third-order valence-electron chi connectivity index (χ3n) is 13.5. The summed E-state index contributed by atoms with van der Waals surface area (Å²) in [5.41, 5.74) is 13.1. The number of aromatic amines is 1. The van der Waals surface area contributed by atoms with E-state index in [1.807, 2.05) is 142 Å². The number of fused-ring (bicyclic) bond motifs is 3. The number of nitrogens with zero attached hydrogens (tertiary/aromatic N) is 3. The standard InChI is InChI=1S/C21H19N3O3S.C21H21N3O3S.C12H9NOS.C9H12N2O3.CH4.H3N.H3P/c1-3-12-10-15(18(26)11-17(12)25)20-22-23-21(28)24(20)16-8-9-19(27-2)14-7-5-4-6-13(14)16;1-3-13-10-16(19(26)11-18(13)25)20(27)23-24-21(28)22-17-9-8-12(2)14-6-4-5-7-15(14)17;1-14-12-7-6-11(13-8-15)9-4-2-3-5-10(9)12;1-2-5-3-6(9(14)11-10)8(13)4-7(5)12;;;/h4-11,25-26H,3H2,1-2H3,(H,23,28);4-11,25-26H,3H2,1-2H3,(H,23,27)(H2,22,24,28);2-7H,1H3;3-4,12-13H,2,10H2,1H3,(H,11,14);1H4;2*1H3. The fraction of sp³-hybridized carbons (Fsp3) is 0.156. The molecule has 0 fully saturated rings. The highest BCUT2D eigenvalue weighted by molar-refractivity contribution is 7.80. The Morgan fingerprint density at radius 3 is 1.64 bits per heavy atom. The number of nitrogen functional groups attached to an aromatic ring is 1. The maximum absolute atomic E-state index is 12.4. The van der Waals surface area contributed by atoms with E-state index in [2.05, 4.69) is 48.7 Å². The van der Waals surface area contributed by atoms with Gasteiger partial charge in [0.2, 0.25) is 0 Å². The van der Waals surface area contributed by atoms with Gasteiger partial charge in [-0.2, -0.15) is 20.0 Å². The number of hydrogen-bond acceptors (Lipinski definition) is 17. The Morgan fingerprint density at radius 2 is 1.10 bits per heavy atom. The van der Waals surface area contributed by atoms with Crippen molar-refractivity contribution in [2.24, 2.45) is 10.8 Å². The highest BCUT2D eigenvalue weighted by atomic mass is 32.1. The summed E-state index contributed by atoms with van der Waals surface area (Å²) < 4.78 is 12.9. The second kappa shape index (κ2) is 32.7. The maximum atomic E-state index is 12.4. The van der Waals surface area contributed by atoms with Crippen LogP contribution in [0.2, 0.25) is 0 Å². The lowest BCUT2D eigenvalue weighted by atomic mass is 10.0. The number of H-pyrrole nitrogens is 1. The number of nitrogens with one attached hydrogen (secondary N) is 5. The zero-order chi connectivity index (χ0) is 61.5. The number of phenols is 6. The third kappa shape index (κ3) is 16.2. The number of aliphatic imine (C=N–C) groups is 1. The van der Waals surface area contributed by atoms with Crippen molar-refractivity contribution >= 4 is 112 Å². The summed E-state index contributed by atoms with van der Waals surface area (Å²) in [4.78, 5) is 27.5. The number of ether oxygens (including phenoxy) is 2. The lowest BCUT2D eigenvalue weighted by Gasteiger charge is -2.15. The number of aryl methyl sites for hydroxylation is 4. The van der Waals surface area contributed by atoms with Crippen molar-refractivity contribution in [3.8, 4) is 63.1 Å². The molecule has 0 bridgehead atoms. The molecule has 0 spiro atoms. The number of aromatic nitrogens is 3. The topological polar surface area (TPSA) is 329 Å². The number of hydrogen-bond donors (Lipinski definition) is 13. The van der Waals surface area contributed by atoms with Crippen LogP contribution in [0.1, 0.15) is 71.2 Å². The molecule has 0 aliphatic carbocycles. The largest absolute Gasteiger partial charge is 0.508 e. The number of methoxy groups -OCH3 is 2. The van der Waals surface area contributed by atoms with Gasteiger partial charge < -0.3 is 51.6 Å². The first-order valence-electron chi connectivity index (χ1n) is 26.3. The van der Waals surface area contributed by atoms with Gasteiger partial charge in [-0.25, -0.2) is 5.84 Å². The number of phenolic OH excluding ortho intramolecular Hbond substituents is 6. The number of aromatic hydroxyl groups is 6. The number of amides is 2. The number of benzene rings is 9. The molecule has 20 nitrogen and oxygen atoms in total. The molecular weight excluding hydrogens is 1200 g/mol. The molecule has 1 unspecified atom stereocenters. The van der Waals surface area contributed by atoms with E-state index in [4.69, 9.17) is 39.8 Å². The zero-order valence-electron chi connectivity index (χ0n) is 48.4. The number of nitrogens with two attached hydrogens (primary N) is 1. The first-order valence-corrected chi connectivity index (χ1v) is 27.5. The third-order valence-corrected chi connectivity index (χ3v) is 14.1. The molecule has 0 saturated heterocycles. The highest BCUT2D eigenvalue weighted by Crippen LogP contribution is 2.39. The SMILES string of the molecule is C.CCc1cc(-c2n[nH]c(=S)n2-c2ccc(OC)c3ccccc23)c(O)cc1O.CCc1cc(C(=O)NN)c(O)cc1O.CCc1cc(C(=O)NNC(=S)Nc2ccc(C)c3ccccc23)c(O)cc1O.COc1ccc(N=C=S)c2ccccc12.N.P. The number of hydrazine groups is 2. The maximum Gasteiger partial charge on any atom is 0.273 e. The minimum absolute atomic E-state index is 0. The van der Waals surface area contributed by atoms with Crippen molar-refractivity contribution in [3.63, 3.8) is 0 Å². The van der Waals surface area contributed by atoms with Crippen LogP contribution in [-0.4, -0.2) is 81.7 Å². The van der Waals surface area contributed by atoms with Crippen LogP contribution in [0, 0.1) is 11.7 Å². The molecule has 9 aromatic carbocycles. The molecule has 10 aromatic rings. The molecule has 0 aliphatic heterocycles. The van der Waals surface area contributed by atoms with Gasteiger partial charge in [-0.15, -0.1) is 0 Å². The summed E-state index contributed by atoms with van der Waals surface area (Å²) in [6, 6.07) is 43.4. The quantitative estimate of drug-likeness (QED) is 0.0143. The van der Waals surface area contributed by atoms with Gasteiger partial charge in [-0.3, -0.25) is 35.5 Å². The van der Waals surface area contributed by atoms with Crippen LogP contribution < -0.4 is 43.1 Å². The molecule has 0 saturated carbocycles. The fourth-order valence-corrected chi connectivity index (χ4v) is 9.63. The van der Waals surface area contributed by atoms with Gasteiger partial charge in [0.25, 0.3) is 11.8 Å². The summed E-state index contributed by atoms with van der Waals surface area (Å²) in [6.45, 7) is 7.65. The number of rotatable bonds is 11. The molecule has 16 N–H and O–H groups in total. The van der Waals surface area contributed by atoms with E-state index >= 15 is 0 Å². The van der Waals surface area contributed by atoms with Crippen molar-refractivity contribution in [3.05, 3.63) is 184 Å². The van der Waals surface area contributed by atoms with Crippen LogP contribution in [-0.2, 0) is 19.3 Å². The van der Waals surface area contributed by atoms with Crippen molar-refractivity contribution in [2.75, 3.05) is 19.5 Å². The van der Waals surface area contributed by atoms with Gasteiger partial charge >= 0.3 is 0 Å². The van der Waals surface area contributed by atoms with Crippen molar-refractivity contribution in [1.29, 1.82) is 0 Å². The van der Waals surface area contributed by atoms with Crippen molar-refractivity contribution in [2.45, 2.75) is 54.4 Å². The van der Waals surface area contributed by atoms with Crippen LogP contribution in [0.25, 0.3) is 49.4 Å². The van der Waals surface area contributed by atoms with Crippen LogP contribution in [0.3, 0.4) is 0 Å². The molecule has 88 heavy (non-hydrogen) atoms. The highest BCUT2D eigenvalue weighted by Gasteiger charge is 2.20. The zero-order valence-corrected chi connectivity index (χ0v) is 52.2. The monoisotopic (exact) mass is 1270 g/mol. The van der Waals surface area contributed by atoms with E-state index in [0.29, 0.717) is 52.1 Å². The van der Waals surface area contributed by atoms with Crippen LogP contribution >= 0.6 is 46.6 Å². The Bertz CT molecular complexity index is 4250. The summed E-state index contributed by atoms with van der Waals surface area (Å²) in [5.74, 6) is 5.16. The Hall–Kier alpha value is -9.70. The summed E-state index contributed by atoms with van der Waals surface area (Å²) in [7, 11) is 3.29. The Labute approximate surface area is 527 Å². The van der Waals surface area contributed by atoms with Gasteiger partial charge in [0.15, 0.2) is 15.7 Å². The minimum Gasteiger partial charge on any atom is -0.508 e. The van der Waals surface area contributed by atoms with Gasteiger partial charge in [0.1, 0.15) is 46.0 Å². The molecule has 460 valence electrons. The molecule has 0 aliphatic rings. The number of isothiocyanates is 1. The molecule has 1 heterocycles. The normalized spacial score (nSPS) is 10.1. The van der Waals surface area contributed by atoms with Crippen molar-refractivity contribution in [1.82, 2.24) is 37.2 Å². The summed E-state index contributed by atoms with van der Waals surface area (Å²) in [5, 5.41) is 77.7. The minimum atomic E-state index is -0.586. The van der Waals surface area contributed by atoms with Gasteiger partial charge in [0.05, 0.1) is 47.4 Å². The molecule has 10 rings (SSSR count). The van der Waals surface area contributed by atoms with Crippen LogP contribution in [0.5, 0.6) is 46.0 Å². The lowest BCUT2D eigenvalue weighted by Crippen LogP contribution is -2.43. The average molecular weight is 1270 g/mol. The fourth-order valence-electron chi connectivity index (χ4n) is 9.14. The van der Waals surface area contributed by atoms with E-state index in [-0.39, 0.29) is 74.2 Å². The molecule has 1 atom stereocenters. The van der Waals surface area contributed by atoms with Gasteiger partial charge in [-0.1, -0.05) is 107 Å².